The van der Waals surface area contributed by atoms with Crippen LogP contribution in [0, 0.1) is 5.82 Å². The fraction of sp³-hybridized carbons (Fsp3) is 0.333. The normalized spacial score (nSPS) is 18.1. The number of nitrogens with zero attached hydrogens (tertiary/aromatic N) is 1. The van der Waals surface area contributed by atoms with Crippen LogP contribution >= 0.6 is 0 Å². The van der Waals surface area contributed by atoms with Crippen LogP contribution in [0.4, 0.5) is 4.39 Å². The van der Waals surface area contributed by atoms with E-state index in [-0.39, 0.29) is 23.7 Å². The first kappa shape index (κ1) is 19.0. The zero-order valence-corrected chi connectivity index (χ0v) is 15.3. The van der Waals surface area contributed by atoms with E-state index in [4.69, 9.17) is 0 Å². The van der Waals surface area contributed by atoms with Gasteiger partial charge in [0, 0.05) is 20.1 Å². The lowest BCUT2D eigenvalue weighted by Gasteiger charge is -2.31. The van der Waals surface area contributed by atoms with Crippen LogP contribution in [0.25, 0.3) is 0 Å². The second-order valence-corrected chi connectivity index (χ2v) is 6.67. The van der Waals surface area contributed by atoms with Gasteiger partial charge in [0.05, 0.1) is 6.04 Å². The van der Waals surface area contributed by atoms with Gasteiger partial charge in [0.1, 0.15) is 11.9 Å². The molecule has 27 heavy (non-hydrogen) atoms. The number of carbonyl (C=O) groups is 2. The summed E-state index contributed by atoms with van der Waals surface area (Å²) in [5.74, 6) is -0.538. The van der Waals surface area contributed by atoms with E-state index < -0.39 is 6.04 Å². The summed E-state index contributed by atoms with van der Waals surface area (Å²) in [5, 5.41) is 5.63. The van der Waals surface area contributed by atoms with Crippen molar-refractivity contribution in [3.05, 3.63) is 71.5 Å². The standard InChI is InChI=1S/C21H24FN3O2/c1-23-21(27)19(16-6-3-2-4-7-16)25-13-5-8-18(25)20(26)24-14-15-9-11-17(22)12-10-15/h2-4,6-7,9-12,18-19H,5,8,13-14H2,1H3,(H,23,27)(H,24,26)/t18-,19+/m0/s1. The second-order valence-electron chi connectivity index (χ2n) is 6.67. The molecule has 0 bridgehead atoms. The maximum absolute atomic E-state index is 13.0. The molecule has 2 atom stereocenters. The summed E-state index contributed by atoms with van der Waals surface area (Å²) >= 11 is 0. The Balaban J connectivity index is 1.73. The minimum absolute atomic E-state index is 0.110. The van der Waals surface area contributed by atoms with E-state index >= 15 is 0 Å². The first-order valence-corrected chi connectivity index (χ1v) is 9.14. The molecular formula is C21H24FN3O2. The fourth-order valence-corrected chi connectivity index (χ4v) is 3.55. The largest absolute Gasteiger partial charge is 0.358 e. The van der Waals surface area contributed by atoms with Gasteiger partial charge < -0.3 is 10.6 Å². The highest BCUT2D eigenvalue weighted by Crippen LogP contribution is 2.30. The Bertz CT molecular complexity index is 780. The van der Waals surface area contributed by atoms with Crippen LogP contribution in [0.1, 0.15) is 30.0 Å². The number of hydrogen-bond donors (Lipinski definition) is 2. The molecule has 2 aromatic carbocycles. The van der Waals surface area contributed by atoms with Crippen LogP contribution in [-0.4, -0.2) is 36.3 Å². The third kappa shape index (κ3) is 4.52. The summed E-state index contributed by atoms with van der Waals surface area (Å²) in [7, 11) is 1.61. The molecule has 142 valence electrons. The number of likely N-dealkylation sites (N-methyl/N-ethyl adjacent to an activating group) is 1. The number of hydrogen-bond acceptors (Lipinski definition) is 3. The van der Waals surface area contributed by atoms with E-state index in [1.807, 2.05) is 35.2 Å². The van der Waals surface area contributed by atoms with Crippen molar-refractivity contribution in [1.29, 1.82) is 0 Å². The number of nitrogens with one attached hydrogen (secondary N) is 2. The Morgan fingerprint density at radius 3 is 2.52 bits per heavy atom. The molecule has 1 saturated heterocycles. The van der Waals surface area contributed by atoms with Gasteiger partial charge in [0.2, 0.25) is 11.8 Å². The predicted octanol–water partition coefficient (Wildman–Crippen LogP) is 2.39. The number of carbonyl (C=O) groups excluding carboxylic acids is 2. The zero-order valence-electron chi connectivity index (χ0n) is 15.3. The molecule has 0 spiro atoms. The van der Waals surface area contributed by atoms with Gasteiger partial charge in [-0.3, -0.25) is 14.5 Å². The van der Waals surface area contributed by atoms with Crippen LogP contribution in [-0.2, 0) is 16.1 Å². The van der Waals surface area contributed by atoms with Gasteiger partial charge in [-0.1, -0.05) is 42.5 Å². The van der Waals surface area contributed by atoms with Crippen molar-refractivity contribution in [2.45, 2.75) is 31.5 Å². The molecule has 0 saturated carbocycles. The Labute approximate surface area is 158 Å². The van der Waals surface area contributed by atoms with Crippen LogP contribution < -0.4 is 10.6 Å². The fourth-order valence-electron chi connectivity index (χ4n) is 3.55. The van der Waals surface area contributed by atoms with Crippen molar-refractivity contribution in [3.8, 4) is 0 Å². The van der Waals surface area contributed by atoms with Crippen molar-refractivity contribution in [1.82, 2.24) is 15.5 Å². The molecule has 2 N–H and O–H groups in total. The monoisotopic (exact) mass is 369 g/mol. The van der Waals surface area contributed by atoms with E-state index in [0.29, 0.717) is 19.5 Å². The molecule has 1 heterocycles. The molecule has 3 rings (SSSR count). The highest BCUT2D eigenvalue weighted by Gasteiger charge is 2.38. The SMILES string of the molecule is CNC(=O)[C@@H](c1ccccc1)N1CCC[C@H]1C(=O)NCc1ccc(F)cc1. The molecule has 0 unspecified atom stereocenters. The van der Waals surface area contributed by atoms with Crippen molar-refractivity contribution in [2.75, 3.05) is 13.6 Å². The molecule has 5 nitrogen and oxygen atoms in total. The van der Waals surface area contributed by atoms with Crippen molar-refractivity contribution in [3.63, 3.8) is 0 Å². The minimum atomic E-state index is -0.500. The minimum Gasteiger partial charge on any atom is -0.358 e. The van der Waals surface area contributed by atoms with E-state index in [0.717, 1.165) is 17.5 Å². The van der Waals surface area contributed by atoms with Crippen molar-refractivity contribution < 1.29 is 14.0 Å². The van der Waals surface area contributed by atoms with E-state index in [9.17, 15) is 14.0 Å². The number of rotatable bonds is 6. The topological polar surface area (TPSA) is 61.4 Å². The molecule has 0 radical (unpaired) electrons. The van der Waals surface area contributed by atoms with Gasteiger partial charge >= 0.3 is 0 Å². The summed E-state index contributed by atoms with van der Waals surface area (Å²) in [6, 6.07) is 14.7. The Morgan fingerprint density at radius 2 is 1.85 bits per heavy atom. The van der Waals surface area contributed by atoms with Crippen LogP contribution in [0.3, 0.4) is 0 Å². The maximum atomic E-state index is 13.0. The summed E-state index contributed by atoms with van der Waals surface area (Å²) in [4.78, 5) is 27.3. The highest BCUT2D eigenvalue weighted by molar-refractivity contribution is 5.86. The van der Waals surface area contributed by atoms with Crippen LogP contribution in [0.15, 0.2) is 54.6 Å². The number of amides is 2. The average molecular weight is 369 g/mol. The summed E-state index contributed by atoms with van der Waals surface area (Å²) < 4.78 is 13.0. The zero-order chi connectivity index (χ0) is 19.2. The summed E-state index contributed by atoms with van der Waals surface area (Å²) in [6.45, 7) is 1.01. The first-order valence-electron chi connectivity index (χ1n) is 9.14. The van der Waals surface area contributed by atoms with Gasteiger partial charge in [-0.05, 0) is 36.1 Å². The first-order chi connectivity index (χ1) is 13.1. The predicted molar refractivity (Wildman–Crippen MR) is 101 cm³/mol. The third-order valence-corrected chi connectivity index (χ3v) is 4.92. The average Bonchev–Trinajstić information content (AvgIpc) is 3.17. The molecule has 1 fully saturated rings. The highest BCUT2D eigenvalue weighted by atomic mass is 19.1. The van der Waals surface area contributed by atoms with Gasteiger partial charge in [0.25, 0.3) is 0 Å². The molecule has 1 aliphatic heterocycles. The lowest BCUT2D eigenvalue weighted by molar-refractivity contribution is -0.131. The molecule has 0 aliphatic carbocycles. The van der Waals surface area contributed by atoms with Gasteiger partial charge in [-0.2, -0.15) is 0 Å². The van der Waals surface area contributed by atoms with E-state index in [2.05, 4.69) is 10.6 Å². The number of benzene rings is 2. The smallest absolute Gasteiger partial charge is 0.241 e. The van der Waals surface area contributed by atoms with Gasteiger partial charge in [-0.15, -0.1) is 0 Å². The second kappa shape index (κ2) is 8.77. The number of likely N-dealkylation sites (tertiary alicyclic amines) is 1. The summed E-state index contributed by atoms with van der Waals surface area (Å²) in [6.07, 6.45) is 1.56. The maximum Gasteiger partial charge on any atom is 0.241 e. The van der Waals surface area contributed by atoms with Gasteiger partial charge in [0.15, 0.2) is 0 Å². The van der Waals surface area contributed by atoms with Crippen molar-refractivity contribution in [2.24, 2.45) is 0 Å². The lowest BCUT2D eigenvalue weighted by Crippen LogP contribution is -2.48. The molecule has 6 heteroatoms. The lowest BCUT2D eigenvalue weighted by atomic mass is 10.0. The Morgan fingerprint density at radius 1 is 1.15 bits per heavy atom. The molecule has 1 aliphatic rings. The number of halogens is 1. The van der Waals surface area contributed by atoms with Crippen molar-refractivity contribution >= 4 is 11.8 Å². The Hall–Kier alpha value is -2.73. The quantitative estimate of drug-likeness (QED) is 0.822. The van der Waals surface area contributed by atoms with Gasteiger partial charge in [-0.25, -0.2) is 4.39 Å². The van der Waals surface area contributed by atoms with Crippen LogP contribution in [0.5, 0.6) is 0 Å². The molecule has 2 amide bonds. The molecular weight excluding hydrogens is 345 g/mol. The van der Waals surface area contributed by atoms with E-state index in [1.54, 1.807) is 19.2 Å². The third-order valence-electron chi connectivity index (χ3n) is 4.92. The van der Waals surface area contributed by atoms with Crippen LogP contribution in [0.2, 0.25) is 0 Å². The summed E-state index contributed by atoms with van der Waals surface area (Å²) in [5.41, 5.74) is 1.70. The molecule has 0 aromatic heterocycles. The molecule has 2 aromatic rings. The Kier molecular flexibility index (Phi) is 6.19. The van der Waals surface area contributed by atoms with E-state index in [1.165, 1.54) is 12.1 Å².